The Morgan fingerprint density at radius 3 is 2.33 bits per heavy atom. The van der Waals surface area contributed by atoms with E-state index in [0.717, 1.165) is 24.8 Å². The zero-order valence-electron chi connectivity index (χ0n) is 15.9. The molecule has 0 bridgehead atoms. The summed E-state index contributed by atoms with van der Waals surface area (Å²) in [5.41, 5.74) is 1.55. The molecule has 6 nitrogen and oxygen atoms in total. The van der Waals surface area contributed by atoms with Gasteiger partial charge >= 0.3 is 5.97 Å². The largest absolute Gasteiger partial charge is 0.507 e. The first kappa shape index (κ1) is 20.4. The number of hydrogen-bond acceptors (Lipinski definition) is 5. The summed E-state index contributed by atoms with van der Waals surface area (Å²) in [6, 6.07) is 8.79. The summed E-state index contributed by atoms with van der Waals surface area (Å²) in [5, 5.41) is 19.4. The van der Waals surface area contributed by atoms with Crippen LogP contribution in [0, 0.1) is 0 Å². The number of ether oxygens (including phenoxy) is 3. The predicted octanol–water partition coefficient (Wildman–Crippen LogP) is 4.07. The van der Waals surface area contributed by atoms with Gasteiger partial charge in [-0.2, -0.15) is 0 Å². The van der Waals surface area contributed by atoms with E-state index in [9.17, 15) is 9.90 Å². The molecule has 0 atom stereocenters. The number of carboxylic acid groups (broad SMARTS) is 1. The van der Waals surface area contributed by atoms with E-state index >= 15 is 0 Å². The molecule has 0 aliphatic heterocycles. The zero-order valence-corrected chi connectivity index (χ0v) is 15.9. The molecule has 0 aromatic heterocycles. The first-order valence-corrected chi connectivity index (χ1v) is 8.93. The van der Waals surface area contributed by atoms with Crippen molar-refractivity contribution in [1.29, 1.82) is 0 Å². The predicted molar refractivity (Wildman–Crippen MR) is 102 cm³/mol. The Kier molecular flexibility index (Phi) is 7.34. The fraction of sp³-hybridized carbons (Fsp3) is 0.381. The lowest BCUT2D eigenvalue weighted by Crippen LogP contribution is -2.05. The van der Waals surface area contributed by atoms with E-state index < -0.39 is 5.97 Å². The van der Waals surface area contributed by atoms with Gasteiger partial charge in [-0.3, -0.25) is 0 Å². The molecule has 6 heteroatoms. The average Bonchev–Trinajstić information content (AvgIpc) is 2.67. The fourth-order valence-electron chi connectivity index (χ4n) is 2.91. The van der Waals surface area contributed by atoms with Gasteiger partial charge in [0.25, 0.3) is 0 Å². The summed E-state index contributed by atoms with van der Waals surface area (Å²) < 4.78 is 16.4. The van der Waals surface area contributed by atoms with Gasteiger partial charge in [-0.15, -0.1) is 0 Å². The maximum Gasteiger partial charge on any atom is 0.339 e. The van der Waals surface area contributed by atoms with Crippen molar-refractivity contribution in [3.8, 4) is 23.0 Å². The monoisotopic (exact) mass is 374 g/mol. The summed E-state index contributed by atoms with van der Waals surface area (Å²) in [5.74, 6) is 0.560. The number of benzene rings is 2. The van der Waals surface area contributed by atoms with Crippen LogP contribution in [0.1, 0.15) is 41.3 Å². The molecule has 2 aromatic rings. The minimum absolute atomic E-state index is 0.101. The Morgan fingerprint density at radius 1 is 1.00 bits per heavy atom. The van der Waals surface area contributed by atoms with E-state index in [1.165, 1.54) is 6.07 Å². The Labute approximate surface area is 159 Å². The lowest BCUT2D eigenvalue weighted by Gasteiger charge is -2.14. The zero-order chi connectivity index (χ0) is 19.8. The van der Waals surface area contributed by atoms with Crippen LogP contribution in [0.4, 0.5) is 0 Å². The third-order valence-corrected chi connectivity index (χ3v) is 4.29. The molecule has 2 rings (SSSR count). The van der Waals surface area contributed by atoms with Gasteiger partial charge in [0.1, 0.15) is 17.1 Å². The highest BCUT2D eigenvalue weighted by Gasteiger charge is 2.17. The third-order valence-electron chi connectivity index (χ3n) is 4.29. The van der Waals surface area contributed by atoms with E-state index in [-0.39, 0.29) is 11.3 Å². The number of carbonyl (C=O) groups is 1. The minimum Gasteiger partial charge on any atom is -0.507 e. The molecule has 0 radical (unpaired) electrons. The fourth-order valence-corrected chi connectivity index (χ4v) is 2.91. The van der Waals surface area contributed by atoms with Gasteiger partial charge in [0.2, 0.25) is 0 Å². The molecule has 0 aliphatic carbocycles. The lowest BCUT2D eigenvalue weighted by molar-refractivity contribution is 0.0693. The lowest BCUT2D eigenvalue weighted by atomic mass is 10.0. The highest BCUT2D eigenvalue weighted by Crippen LogP contribution is 2.33. The summed E-state index contributed by atoms with van der Waals surface area (Å²) in [4.78, 5) is 11.2. The van der Waals surface area contributed by atoms with Gasteiger partial charge in [0.15, 0.2) is 11.5 Å². The van der Waals surface area contributed by atoms with Crippen LogP contribution in [-0.4, -0.2) is 37.0 Å². The van der Waals surface area contributed by atoms with Crippen molar-refractivity contribution >= 4 is 5.97 Å². The number of carboxylic acids is 1. The van der Waals surface area contributed by atoms with Crippen LogP contribution in [0.2, 0.25) is 0 Å². The summed E-state index contributed by atoms with van der Waals surface area (Å²) in [7, 11) is 3.21. The van der Waals surface area contributed by atoms with Gasteiger partial charge in [-0.25, -0.2) is 4.79 Å². The quantitative estimate of drug-likeness (QED) is 0.610. The molecular weight excluding hydrogens is 348 g/mol. The molecule has 27 heavy (non-hydrogen) atoms. The molecule has 0 heterocycles. The number of rotatable bonds is 10. The molecule has 0 unspecified atom stereocenters. The molecule has 0 saturated carbocycles. The van der Waals surface area contributed by atoms with Crippen molar-refractivity contribution in [3.05, 3.63) is 47.0 Å². The maximum atomic E-state index is 11.2. The number of aromatic hydroxyl groups is 1. The van der Waals surface area contributed by atoms with Crippen molar-refractivity contribution in [2.45, 2.75) is 32.6 Å². The molecule has 0 saturated heterocycles. The Balaban J connectivity index is 2.01. The summed E-state index contributed by atoms with van der Waals surface area (Å²) >= 11 is 0. The van der Waals surface area contributed by atoms with E-state index in [0.29, 0.717) is 35.8 Å². The molecule has 0 amide bonds. The average molecular weight is 374 g/mol. The van der Waals surface area contributed by atoms with Gasteiger partial charge in [0.05, 0.1) is 20.8 Å². The Hall–Kier alpha value is -2.89. The number of phenols is 1. The molecular formula is C21H26O6. The Bertz CT molecular complexity index is 784. The number of aromatic carboxylic acids is 1. The highest BCUT2D eigenvalue weighted by atomic mass is 16.5. The Morgan fingerprint density at radius 2 is 1.70 bits per heavy atom. The van der Waals surface area contributed by atoms with Crippen LogP contribution in [-0.2, 0) is 12.8 Å². The molecule has 0 aliphatic rings. The van der Waals surface area contributed by atoms with Crippen LogP contribution in [0.15, 0.2) is 30.3 Å². The smallest absolute Gasteiger partial charge is 0.339 e. The second-order valence-corrected chi connectivity index (χ2v) is 6.13. The maximum absolute atomic E-state index is 11.2. The van der Waals surface area contributed by atoms with E-state index in [1.807, 2.05) is 25.1 Å². The van der Waals surface area contributed by atoms with Crippen molar-refractivity contribution in [3.63, 3.8) is 0 Å². The van der Waals surface area contributed by atoms with Crippen LogP contribution < -0.4 is 14.2 Å². The number of hydrogen-bond donors (Lipinski definition) is 2. The first-order valence-electron chi connectivity index (χ1n) is 8.93. The SMILES string of the molecule is CCCc1c(OCCCc2ccc(OC)c(OC)c2)ccc(C(=O)O)c1O. The highest BCUT2D eigenvalue weighted by molar-refractivity contribution is 5.91. The van der Waals surface area contributed by atoms with E-state index in [1.54, 1.807) is 20.3 Å². The molecule has 0 spiro atoms. The van der Waals surface area contributed by atoms with Crippen LogP contribution in [0.3, 0.4) is 0 Å². The number of methoxy groups -OCH3 is 2. The van der Waals surface area contributed by atoms with E-state index in [2.05, 4.69) is 0 Å². The first-order chi connectivity index (χ1) is 13.0. The van der Waals surface area contributed by atoms with Crippen molar-refractivity contribution in [1.82, 2.24) is 0 Å². The van der Waals surface area contributed by atoms with Crippen LogP contribution >= 0.6 is 0 Å². The standard InChI is InChI=1S/C21H26O6/c1-4-6-15-17(11-9-16(20(15)22)21(23)24)27-12-5-7-14-8-10-18(25-2)19(13-14)26-3/h8-11,13,22H,4-7,12H2,1-3H3,(H,23,24). The number of aryl methyl sites for hydroxylation is 1. The van der Waals surface area contributed by atoms with Crippen LogP contribution in [0.5, 0.6) is 23.0 Å². The normalized spacial score (nSPS) is 10.5. The second-order valence-electron chi connectivity index (χ2n) is 6.13. The topological polar surface area (TPSA) is 85.2 Å². The van der Waals surface area contributed by atoms with Crippen molar-refractivity contribution in [2.75, 3.05) is 20.8 Å². The van der Waals surface area contributed by atoms with Crippen molar-refractivity contribution in [2.24, 2.45) is 0 Å². The minimum atomic E-state index is -1.15. The van der Waals surface area contributed by atoms with Gasteiger partial charge in [-0.05, 0) is 49.1 Å². The summed E-state index contributed by atoms with van der Waals surface area (Å²) in [6.07, 6.45) is 2.89. The van der Waals surface area contributed by atoms with Crippen LogP contribution in [0.25, 0.3) is 0 Å². The molecule has 146 valence electrons. The van der Waals surface area contributed by atoms with E-state index in [4.69, 9.17) is 19.3 Å². The summed E-state index contributed by atoms with van der Waals surface area (Å²) in [6.45, 7) is 2.42. The molecule has 0 fully saturated rings. The molecule has 2 aromatic carbocycles. The third kappa shape index (κ3) is 5.06. The second kappa shape index (κ2) is 9.71. The van der Waals surface area contributed by atoms with Crippen molar-refractivity contribution < 1.29 is 29.2 Å². The molecule has 2 N–H and O–H groups in total. The van der Waals surface area contributed by atoms with Gasteiger partial charge in [0, 0.05) is 5.56 Å². The van der Waals surface area contributed by atoms with Gasteiger partial charge in [-0.1, -0.05) is 19.4 Å². The van der Waals surface area contributed by atoms with Gasteiger partial charge < -0.3 is 24.4 Å².